The number of ether oxygens (including phenoxy) is 1. The van der Waals surface area contributed by atoms with E-state index in [4.69, 9.17) is 22.1 Å². The molecule has 1 saturated heterocycles. The van der Waals surface area contributed by atoms with Gasteiger partial charge in [0.2, 0.25) is 0 Å². The number of likely N-dealkylation sites (tertiary alicyclic amines) is 1. The van der Waals surface area contributed by atoms with Crippen LogP contribution >= 0.6 is 35.6 Å². The van der Waals surface area contributed by atoms with Gasteiger partial charge >= 0.3 is 0 Å². The number of halogens is 2. The summed E-state index contributed by atoms with van der Waals surface area (Å²) in [6.07, 6.45) is 2.47. The van der Waals surface area contributed by atoms with Gasteiger partial charge in [-0.25, -0.2) is 4.99 Å². The van der Waals surface area contributed by atoms with Crippen LogP contribution in [0.4, 0.5) is 0 Å². The molecule has 4 nitrogen and oxygen atoms in total. The Bertz CT molecular complexity index is 470. The van der Waals surface area contributed by atoms with Gasteiger partial charge in [0, 0.05) is 18.1 Å². The first-order valence-corrected chi connectivity index (χ1v) is 7.46. The summed E-state index contributed by atoms with van der Waals surface area (Å²) < 4.78 is 5.58. The molecule has 6 heteroatoms. The number of rotatable bonds is 4. The molecule has 2 rings (SSSR count). The fourth-order valence-corrected chi connectivity index (χ4v) is 2.56. The van der Waals surface area contributed by atoms with Crippen molar-refractivity contribution in [3.63, 3.8) is 0 Å². The van der Waals surface area contributed by atoms with E-state index in [2.05, 4.69) is 16.8 Å². The minimum Gasteiger partial charge on any atom is -0.492 e. The second kappa shape index (κ2) is 9.35. The highest BCUT2D eigenvalue weighted by Gasteiger charge is 2.17. The monoisotopic (exact) mass is 423 g/mol. The van der Waals surface area contributed by atoms with Gasteiger partial charge in [-0.1, -0.05) is 24.6 Å². The average molecular weight is 424 g/mol. The number of piperidine rings is 1. The SMILES string of the molecule is CC1CCCN(C(N)=NCCOc2cccc(Cl)c2)C1.I. The van der Waals surface area contributed by atoms with Crippen molar-refractivity contribution in [2.45, 2.75) is 19.8 Å². The fraction of sp³-hybridized carbons (Fsp3) is 0.533. The predicted molar refractivity (Wildman–Crippen MR) is 98.8 cm³/mol. The van der Waals surface area contributed by atoms with Gasteiger partial charge in [-0.3, -0.25) is 0 Å². The van der Waals surface area contributed by atoms with Crippen molar-refractivity contribution in [1.29, 1.82) is 0 Å². The molecule has 0 saturated carbocycles. The van der Waals surface area contributed by atoms with Crippen molar-refractivity contribution < 1.29 is 4.74 Å². The zero-order valence-electron chi connectivity index (χ0n) is 12.3. The van der Waals surface area contributed by atoms with Crippen LogP contribution in [0.3, 0.4) is 0 Å². The molecule has 118 valence electrons. The van der Waals surface area contributed by atoms with Crippen LogP contribution in [0.5, 0.6) is 5.75 Å². The minimum absolute atomic E-state index is 0. The van der Waals surface area contributed by atoms with E-state index in [-0.39, 0.29) is 24.0 Å². The van der Waals surface area contributed by atoms with Crippen molar-refractivity contribution in [3.8, 4) is 5.75 Å². The standard InChI is InChI=1S/C15H22ClN3O.HI/c1-12-4-3-8-19(11-12)15(17)18-7-9-20-14-6-2-5-13(16)10-14;/h2,5-6,10,12H,3-4,7-9,11H2,1H3,(H2,17,18);1H. The third-order valence-electron chi connectivity index (χ3n) is 3.41. The van der Waals surface area contributed by atoms with Crippen molar-refractivity contribution >= 4 is 41.5 Å². The molecule has 1 aliphatic rings. The van der Waals surface area contributed by atoms with Gasteiger partial charge in [0.15, 0.2) is 5.96 Å². The molecule has 21 heavy (non-hydrogen) atoms. The normalized spacial score (nSPS) is 19.0. The van der Waals surface area contributed by atoms with Gasteiger partial charge in [0.1, 0.15) is 12.4 Å². The molecule has 0 aromatic heterocycles. The topological polar surface area (TPSA) is 50.8 Å². The number of nitrogens with zero attached hydrogens (tertiary/aromatic N) is 2. The maximum Gasteiger partial charge on any atom is 0.191 e. The van der Waals surface area contributed by atoms with Crippen molar-refractivity contribution in [1.82, 2.24) is 4.90 Å². The van der Waals surface area contributed by atoms with E-state index in [1.54, 1.807) is 6.07 Å². The molecule has 1 aliphatic heterocycles. The van der Waals surface area contributed by atoms with Gasteiger partial charge in [-0.15, -0.1) is 24.0 Å². The molecule has 0 aliphatic carbocycles. The van der Waals surface area contributed by atoms with Crippen molar-refractivity contribution in [3.05, 3.63) is 29.3 Å². The summed E-state index contributed by atoms with van der Waals surface area (Å²) in [6, 6.07) is 7.36. The first-order chi connectivity index (χ1) is 9.65. The molecule has 1 heterocycles. The van der Waals surface area contributed by atoms with Crippen LogP contribution in [-0.4, -0.2) is 37.1 Å². The summed E-state index contributed by atoms with van der Waals surface area (Å²) in [5, 5.41) is 0.674. The maximum atomic E-state index is 6.01. The third-order valence-corrected chi connectivity index (χ3v) is 3.65. The second-order valence-electron chi connectivity index (χ2n) is 5.24. The highest BCUT2D eigenvalue weighted by atomic mass is 127. The first kappa shape index (κ1) is 18.4. The lowest BCUT2D eigenvalue weighted by Gasteiger charge is -2.31. The van der Waals surface area contributed by atoms with Crippen LogP contribution in [0.1, 0.15) is 19.8 Å². The average Bonchev–Trinajstić information content (AvgIpc) is 2.43. The van der Waals surface area contributed by atoms with Crippen molar-refractivity contribution in [2.24, 2.45) is 16.6 Å². The molecule has 1 aromatic rings. The second-order valence-corrected chi connectivity index (χ2v) is 5.68. The summed E-state index contributed by atoms with van der Waals surface area (Å²) in [7, 11) is 0. The van der Waals surface area contributed by atoms with E-state index in [1.165, 1.54) is 12.8 Å². The lowest BCUT2D eigenvalue weighted by molar-refractivity contribution is 0.269. The Morgan fingerprint density at radius 1 is 1.52 bits per heavy atom. The van der Waals surface area contributed by atoms with Gasteiger partial charge in [0.25, 0.3) is 0 Å². The van der Waals surface area contributed by atoms with E-state index in [1.807, 2.05) is 18.2 Å². The molecule has 0 radical (unpaired) electrons. The molecule has 0 spiro atoms. The molecule has 2 N–H and O–H groups in total. The van der Waals surface area contributed by atoms with Crippen molar-refractivity contribution in [2.75, 3.05) is 26.2 Å². The van der Waals surface area contributed by atoms with Crippen LogP contribution in [0.25, 0.3) is 0 Å². The molecule has 1 aromatic carbocycles. The summed E-state index contributed by atoms with van der Waals surface area (Å²) in [5.74, 6) is 2.09. The summed E-state index contributed by atoms with van der Waals surface area (Å²) >= 11 is 5.89. The van der Waals surface area contributed by atoms with E-state index in [0.717, 1.165) is 18.8 Å². The number of aliphatic imine (C=N–C) groups is 1. The Morgan fingerprint density at radius 2 is 2.33 bits per heavy atom. The minimum atomic E-state index is 0. The van der Waals surface area contributed by atoms with Crippen LogP contribution < -0.4 is 10.5 Å². The van der Waals surface area contributed by atoms with Crippen LogP contribution in [0, 0.1) is 5.92 Å². The quantitative estimate of drug-likeness (QED) is 0.350. The Labute approximate surface area is 148 Å². The first-order valence-electron chi connectivity index (χ1n) is 7.08. The Balaban J connectivity index is 0.00000220. The number of benzene rings is 1. The van der Waals surface area contributed by atoms with E-state index >= 15 is 0 Å². The number of hydrogen-bond donors (Lipinski definition) is 1. The molecule has 1 unspecified atom stereocenters. The Kier molecular flexibility index (Phi) is 8.18. The Morgan fingerprint density at radius 3 is 3.05 bits per heavy atom. The van der Waals surface area contributed by atoms with E-state index < -0.39 is 0 Å². The molecular weight excluding hydrogens is 401 g/mol. The summed E-state index contributed by atoms with van der Waals surface area (Å²) in [5.41, 5.74) is 6.01. The van der Waals surface area contributed by atoms with Crippen LogP contribution in [-0.2, 0) is 0 Å². The molecule has 1 fully saturated rings. The summed E-state index contributed by atoms with van der Waals surface area (Å²) in [6.45, 7) is 5.33. The highest BCUT2D eigenvalue weighted by Crippen LogP contribution is 2.17. The van der Waals surface area contributed by atoms with Gasteiger partial charge in [-0.05, 0) is 37.0 Å². The van der Waals surface area contributed by atoms with Gasteiger partial charge in [-0.2, -0.15) is 0 Å². The zero-order valence-corrected chi connectivity index (χ0v) is 15.4. The highest BCUT2D eigenvalue weighted by molar-refractivity contribution is 14.0. The Hall–Kier alpha value is -0.690. The molecule has 0 bridgehead atoms. The zero-order chi connectivity index (χ0) is 14.4. The van der Waals surface area contributed by atoms with Gasteiger partial charge < -0.3 is 15.4 Å². The molecule has 1 atom stereocenters. The van der Waals surface area contributed by atoms with Gasteiger partial charge in [0.05, 0.1) is 6.54 Å². The van der Waals surface area contributed by atoms with E-state index in [0.29, 0.717) is 30.1 Å². The largest absolute Gasteiger partial charge is 0.492 e. The number of hydrogen-bond acceptors (Lipinski definition) is 2. The predicted octanol–water partition coefficient (Wildman–Crippen LogP) is 3.38. The summed E-state index contributed by atoms with van der Waals surface area (Å²) in [4.78, 5) is 6.54. The third kappa shape index (κ3) is 6.30. The maximum absolute atomic E-state index is 6.01. The van der Waals surface area contributed by atoms with Crippen LogP contribution in [0.2, 0.25) is 5.02 Å². The van der Waals surface area contributed by atoms with Crippen LogP contribution in [0.15, 0.2) is 29.3 Å². The lowest BCUT2D eigenvalue weighted by Crippen LogP contribution is -2.43. The molecule has 0 amide bonds. The smallest absolute Gasteiger partial charge is 0.191 e. The number of guanidine groups is 1. The fourth-order valence-electron chi connectivity index (χ4n) is 2.38. The molecular formula is C15H23ClIN3O. The van der Waals surface area contributed by atoms with E-state index in [9.17, 15) is 0 Å². The number of nitrogens with two attached hydrogens (primary N) is 1. The lowest BCUT2D eigenvalue weighted by atomic mass is 10.0.